The van der Waals surface area contributed by atoms with Crippen LogP contribution >= 0.6 is 0 Å². The van der Waals surface area contributed by atoms with Crippen molar-refractivity contribution in [2.45, 2.75) is 12.3 Å². The van der Waals surface area contributed by atoms with Crippen LogP contribution in [0.1, 0.15) is 17.0 Å². The van der Waals surface area contributed by atoms with Gasteiger partial charge >= 0.3 is 5.97 Å². The molecule has 0 aromatic heterocycles. The van der Waals surface area contributed by atoms with Crippen LogP contribution in [-0.2, 0) is 11.2 Å². The number of rotatable bonds is 5. The standard InChI is InChI=1S/C19H15NO4/c21-19(22)18(12-13-5-3-8-15(11-13)20(23)24)17-10-4-7-14-6-1-2-9-16(14)17/h1-11,18H,12H2,(H,21,22). The van der Waals surface area contributed by atoms with Crippen molar-refractivity contribution in [2.75, 3.05) is 0 Å². The van der Waals surface area contributed by atoms with Crippen molar-refractivity contribution < 1.29 is 14.8 Å². The maximum absolute atomic E-state index is 11.8. The molecule has 0 aliphatic carbocycles. The number of nitro benzene ring substituents is 1. The van der Waals surface area contributed by atoms with Gasteiger partial charge in [0.1, 0.15) is 0 Å². The highest BCUT2D eigenvalue weighted by Crippen LogP contribution is 2.29. The fraction of sp³-hybridized carbons (Fsp3) is 0.105. The number of carbonyl (C=O) groups is 1. The van der Waals surface area contributed by atoms with E-state index in [4.69, 9.17) is 0 Å². The second-order valence-electron chi connectivity index (χ2n) is 5.59. The van der Waals surface area contributed by atoms with Gasteiger partial charge in [-0.2, -0.15) is 0 Å². The first-order valence-electron chi connectivity index (χ1n) is 7.50. The fourth-order valence-electron chi connectivity index (χ4n) is 2.92. The van der Waals surface area contributed by atoms with E-state index < -0.39 is 16.8 Å². The summed E-state index contributed by atoms with van der Waals surface area (Å²) in [6, 6.07) is 19.3. The van der Waals surface area contributed by atoms with Crippen LogP contribution < -0.4 is 0 Å². The minimum atomic E-state index is -0.946. The molecule has 0 bridgehead atoms. The Hall–Kier alpha value is -3.21. The lowest BCUT2D eigenvalue weighted by Crippen LogP contribution is -2.15. The van der Waals surface area contributed by atoms with E-state index in [2.05, 4.69) is 0 Å². The molecule has 3 rings (SSSR count). The molecule has 0 aliphatic heterocycles. The Morgan fingerprint density at radius 3 is 2.50 bits per heavy atom. The molecule has 0 saturated carbocycles. The van der Waals surface area contributed by atoms with Gasteiger partial charge in [0.25, 0.3) is 5.69 Å². The summed E-state index contributed by atoms with van der Waals surface area (Å²) in [5, 5.41) is 22.5. The fourth-order valence-corrected chi connectivity index (χ4v) is 2.92. The Labute approximate surface area is 138 Å². The molecule has 0 fully saturated rings. The summed E-state index contributed by atoms with van der Waals surface area (Å²) in [5.41, 5.74) is 1.31. The predicted octanol–water partition coefficient (Wildman–Crippen LogP) is 4.16. The van der Waals surface area contributed by atoms with Crippen molar-refractivity contribution >= 4 is 22.4 Å². The third-order valence-electron chi connectivity index (χ3n) is 4.06. The van der Waals surface area contributed by atoms with E-state index in [-0.39, 0.29) is 12.1 Å². The Kier molecular flexibility index (Phi) is 4.24. The van der Waals surface area contributed by atoms with E-state index in [0.29, 0.717) is 11.1 Å². The summed E-state index contributed by atoms with van der Waals surface area (Å²) in [4.78, 5) is 22.3. The van der Waals surface area contributed by atoms with Crippen LogP contribution in [0.2, 0.25) is 0 Å². The van der Waals surface area contributed by atoms with Gasteiger partial charge in [-0.25, -0.2) is 0 Å². The highest BCUT2D eigenvalue weighted by molar-refractivity contribution is 5.90. The Bertz CT molecular complexity index is 915. The molecule has 1 unspecified atom stereocenters. The highest BCUT2D eigenvalue weighted by atomic mass is 16.6. The molecule has 0 spiro atoms. The van der Waals surface area contributed by atoms with Crippen LogP contribution in [0, 0.1) is 10.1 Å². The first kappa shape index (κ1) is 15.7. The van der Waals surface area contributed by atoms with Gasteiger partial charge in [-0.05, 0) is 28.3 Å². The van der Waals surface area contributed by atoms with Crippen molar-refractivity contribution in [1.82, 2.24) is 0 Å². The number of carboxylic acids is 1. The van der Waals surface area contributed by atoms with Crippen LogP contribution in [0.15, 0.2) is 66.7 Å². The zero-order chi connectivity index (χ0) is 17.1. The predicted molar refractivity (Wildman–Crippen MR) is 91.1 cm³/mol. The van der Waals surface area contributed by atoms with Crippen LogP contribution in [0.25, 0.3) is 10.8 Å². The number of hydrogen-bond acceptors (Lipinski definition) is 3. The topological polar surface area (TPSA) is 80.4 Å². The summed E-state index contributed by atoms with van der Waals surface area (Å²) < 4.78 is 0. The lowest BCUT2D eigenvalue weighted by atomic mass is 9.88. The first-order valence-corrected chi connectivity index (χ1v) is 7.50. The molecule has 5 heteroatoms. The minimum absolute atomic E-state index is 0.0328. The molecule has 0 radical (unpaired) electrons. The van der Waals surface area contributed by atoms with E-state index in [1.165, 1.54) is 12.1 Å². The van der Waals surface area contributed by atoms with Crippen molar-refractivity contribution in [1.29, 1.82) is 0 Å². The van der Waals surface area contributed by atoms with Gasteiger partial charge in [0.15, 0.2) is 0 Å². The van der Waals surface area contributed by atoms with Gasteiger partial charge in [-0.15, -0.1) is 0 Å². The number of nitro groups is 1. The van der Waals surface area contributed by atoms with Crippen LogP contribution in [0.4, 0.5) is 5.69 Å². The quantitative estimate of drug-likeness (QED) is 0.565. The van der Waals surface area contributed by atoms with Gasteiger partial charge in [-0.3, -0.25) is 14.9 Å². The van der Waals surface area contributed by atoms with Crippen molar-refractivity contribution in [2.24, 2.45) is 0 Å². The molecule has 24 heavy (non-hydrogen) atoms. The largest absolute Gasteiger partial charge is 0.481 e. The molecule has 0 saturated heterocycles. The molecule has 0 amide bonds. The Morgan fingerprint density at radius 1 is 1.04 bits per heavy atom. The van der Waals surface area contributed by atoms with Crippen LogP contribution in [0.3, 0.4) is 0 Å². The average Bonchev–Trinajstić information content (AvgIpc) is 2.59. The number of aliphatic carboxylic acids is 1. The van der Waals surface area contributed by atoms with E-state index in [1.807, 2.05) is 36.4 Å². The molecule has 3 aromatic rings. The SMILES string of the molecule is O=C(O)C(Cc1cccc([N+](=O)[O-])c1)c1cccc2ccccc12. The summed E-state index contributed by atoms with van der Waals surface area (Å²) in [5.74, 6) is -1.71. The van der Waals surface area contributed by atoms with Gasteiger partial charge in [0.2, 0.25) is 0 Å². The van der Waals surface area contributed by atoms with Crippen molar-refractivity contribution in [3.8, 4) is 0 Å². The third kappa shape index (κ3) is 3.10. The molecular weight excluding hydrogens is 306 g/mol. The normalized spacial score (nSPS) is 12.0. The second kappa shape index (κ2) is 6.50. The number of fused-ring (bicyclic) bond motifs is 1. The summed E-state index contributed by atoms with van der Waals surface area (Å²) in [6.45, 7) is 0. The van der Waals surface area contributed by atoms with Crippen LogP contribution in [-0.4, -0.2) is 16.0 Å². The molecule has 3 aromatic carbocycles. The lowest BCUT2D eigenvalue weighted by molar-refractivity contribution is -0.384. The monoisotopic (exact) mass is 321 g/mol. The third-order valence-corrected chi connectivity index (χ3v) is 4.06. The number of carboxylic acid groups (broad SMARTS) is 1. The van der Waals surface area contributed by atoms with Crippen LogP contribution in [0.5, 0.6) is 0 Å². The average molecular weight is 321 g/mol. The Morgan fingerprint density at radius 2 is 1.75 bits per heavy atom. The van der Waals surface area contributed by atoms with Gasteiger partial charge in [0, 0.05) is 12.1 Å². The summed E-state index contributed by atoms with van der Waals surface area (Å²) >= 11 is 0. The number of hydrogen-bond donors (Lipinski definition) is 1. The van der Waals surface area contributed by atoms with Crippen molar-refractivity contribution in [3.05, 3.63) is 88.0 Å². The lowest BCUT2D eigenvalue weighted by Gasteiger charge is -2.15. The zero-order valence-corrected chi connectivity index (χ0v) is 12.8. The molecule has 5 nitrogen and oxygen atoms in total. The van der Waals surface area contributed by atoms with Gasteiger partial charge < -0.3 is 5.11 Å². The maximum Gasteiger partial charge on any atom is 0.311 e. The summed E-state index contributed by atoms with van der Waals surface area (Å²) in [7, 11) is 0. The number of nitrogens with zero attached hydrogens (tertiary/aromatic N) is 1. The summed E-state index contributed by atoms with van der Waals surface area (Å²) in [6.07, 6.45) is 0.199. The zero-order valence-electron chi connectivity index (χ0n) is 12.8. The molecule has 120 valence electrons. The molecule has 0 heterocycles. The van der Waals surface area contributed by atoms with E-state index in [0.717, 1.165) is 10.8 Å². The van der Waals surface area contributed by atoms with E-state index >= 15 is 0 Å². The minimum Gasteiger partial charge on any atom is -0.481 e. The molecule has 1 atom stereocenters. The van der Waals surface area contributed by atoms with Gasteiger partial charge in [-0.1, -0.05) is 54.6 Å². The molecule has 1 N–H and O–H groups in total. The molecule has 0 aliphatic rings. The van der Waals surface area contributed by atoms with E-state index in [9.17, 15) is 20.0 Å². The first-order chi connectivity index (χ1) is 11.6. The second-order valence-corrected chi connectivity index (χ2v) is 5.59. The van der Waals surface area contributed by atoms with Crippen molar-refractivity contribution in [3.63, 3.8) is 0 Å². The smallest absolute Gasteiger partial charge is 0.311 e. The molecular formula is C19H15NO4. The maximum atomic E-state index is 11.8. The highest BCUT2D eigenvalue weighted by Gasteiger charge is 2.23. The number of benzene rings is 3. The van der Waals surface area contributed by atoms with Gasteiger partial charge in [0.05, 0.1) is 10.8 Å². The number of non-ortho nitro benzene ring substituents is 1. The van der Waals surface area contributed by atoms with E-state index in [1.54, 1.807) is 18.2 Å². The Balaban J connectivity index is 2.03.